The van der Waals surface area contributed by atoms with Crippen molar-refractivity contribution >= 4 is 11.2 Å². The van der Waals surface area contributed by atoms with Gasteiger partial charge >= 0.3 is 0 Å². The normalized spacial score (nSPS) is 26.2. The Labute approximate surface area is 131 Å². The van der Waals surface area contributed by atoms with Crippen molar-refractivity contribution in [3.05, 3.63) is 24.2 Å². The molecule has 22 heavy (non-hydrogen) atoms. The van der Waals surface area contributed by atoms with Gasteiger partial charge in [-0.3, -0.25) is 0 Å². The Bertz CT molecular complexity index is 647. The number of hydrogen-bond donors (Lipinski definition) is 0. The zero-order valence-electron chi connectivity index (χ0n) is 13.2. The lowest BCUT2D eigenvalue weighted by Gasteiger charge is -2.23. The van der Waals surface area contributed by atoms with Gasteiger partial charge in [-0.05, 0) is 44.5 Å². The van der Waals surface area contributed by atoms with Gasteiger partial charge in [0.25, 0.3) is 0 Å². The van der Waals surface area contributed by atoms with Crippen LogP contribution in [0.15, 0.2) is 18.3 Å². The monoisotopic (exact) mass is 300 g/mol. The van der Waals surface area contributed by atoms with E-state index in [9.17, 15) is 0 Å². The zero-order chi connectivity index (χ0) is 14.9. The third-order valence-corrected chi connectivity index (χ3v) is 5.12. The number of nitrogens with zero attached hydrogens (tertiary/aromatic N) is 4. The van der Waals surface area contributed by atoms with Crippen LogP contribution < -0.4 is 0 Å². The lowest BCUT2D eigenvalue weighted by Crippen LogP contribution is -2.32. The molecule has 0 spiro atoms. The Morgan fingerprint density at radius 3 is 3.14 bits per heavy atom. The van der Waals surface area contributed by atoms with Gasteiger partial charge in [0.15, 0.2) is 5.65 Å². The largest absolute Gasteiger partial charge is 0.379 e. The van der Waals surface area contributed by atoms with E-state index in [4.69, 9.17) is 9.72 Å². The predicted molar refractivity (Wildman–Crippen MR) is 86.0 cm³/mol. The number of pyridine rings is 1. The topological polar surface area (TPSA) is 43.2 Å². The molecule has 2 aromatic heterocycles. The molecule has 4 heterocycles. The van der Waals surface area contributed by atoms with Crippen molar-refractivity contribution in [1.82, 2.24) is 19.4 Å². The number of likely N-dealkylation sites (N-methyl/N-ethyl adjacent to an activating group) is 1. The highest BCUT2D eigenvalue weighted by Crippen LogP contribution is 2.28. The summed E-state index contributed by atoms with van der Waals surface area (Å²) in [7, 11) is 0. The molecule has 0 saturated carbocycles. The summed E-state index contributed by atoms with van der Waals surface area (Å²) in [5.74, 6) is 1.19. The predicted octanol–water partition coefficient (Wildman–Crippen LogP) is 2.42. The fourth-order valence-corrected chi connectivity index (χ4v) is 3.98. The molecule has 0 N–H and O–H groups in total. The van der Waals surface area contributed by atoms with Crippen molar-refractivity contribution in [3.63, 3.8) is 0 Å². The van der Waals surface area contributed by atoms with Crippen molar-refractivity contribution in [3.8, 4) is 0 Å². The van der Waals surface area contributed by atoms with Crippen molar-refractivity contribution in [1.29, 1.82) is 0 Å². The first-order chi connectivity index (χ1) is 10.9. The van der Waals surface area contributed by atoms with E-state index in [0.29, 0.717) is 12.1 Å². The Hall–Kier alpha value is -1.46. The van der Waals surface area contributed by atoms with Crippen LogP contribution in [0.4, 0.5) is 0 Å². The number of ether oxygens (including phenoxy) is 1. The summed E-state index contributed by atoms with van der Waals surface area (Å²) in [6.07, 6.45) is 6.56. The molecule has 2 fully saturated rings. The van der Waals surface area contributed by atoms with Crippen molar-refractivity contribution < 1.29 is 4.74 Å². The summed E-state index contributed by atoms with van der Waals surface area (Å²) in [5, 5.41) is 0. The van der Waals surface area contributed by atoms with Gasteiger partial charge in [-0.1, -0.05) is 6.92 Å². The first-order valence-corrected chi connectivity index (χ1v) is 8.50. The first-order valence-electron chi connectivity index (χ1n) is 8.50. The molecule has 2 aliphatic heterocycles. The average Bonchev–Trinajstić information content (AvgIpc) is 3.25. The Kier molecular flexibility index (Phi) is 3.84. The lowest BCUT2D eigenvalue weighted by molar-refractivity contribution is 0.186. The maximum atomic E-state index is 5.61. The highest BCUT2D eigenvalue weighted by molar-refractivity contribution is 5.71. The molecule has 0 aromatic carbocycles. The van der Waals surface area contributed by atoms with E-state index in [0.717, 1.165) is 43.8 Å². The van der Waals surface area contributed by atoms with Crippen LogP contribution in [0.25, 0.3) is 11.2 Å². The second-order valence-electron chi connectivity index (χ2n) is 6.39. The van der Waals surface area contributed by atoms with Crippen molar-refractivity contribution in [2.24, 2.45) is 0 Å². The molecule has 118 valence electrons. The fraction of sp³-hybridized carbons (Fsp3) is 0.647. The van der Waals surface area contributed by atoms with E-state index in [1.807, 2.05) is 12.3 Å². The van der Waals surface area contributed by atoms with Gasteiger partial charge in [-0.25, -0.2) is 9.97 Å². The van der Waals surface area contributed by atoms with E-state index in [1.54, 1.807) is 0 Å². The molecule has 0 bridgehead atoms. The number of hydrogen-bond acceptors (Lipinski definition) is 4. The maximum Gasteiger partial charge on any atom is 0.160 e. The van der Waals surface area contributed by atoms with E-state index >= 15 is 0 Å². The standard InChI is InChI=1S/C17H24N4O/c1-2-20-9-4-5-13(20)11-16-19-15-6-3-8-18-17(15)21(16)14-7-10-22-12-14/h3,6,8,13-14H,2,4-5,7,9-12H2,1H3. The molecule has 4 rings (SSSR count). The van der Waals surface area contributed by atoms with Crippen LogP contribution in [0, 0.1) is 0 Å². The zero-order valence-corrected chi connectivity index (χ0v) is 13.2. The van der Waals surface area contributed by atoms with Gasteiger partial charge in [-0.2, -0.15) is 0 Å². The van der Waals surface area contributed by atoms with Crippen LogP contribution in [-0.2, 0) is 11.2 Å². The molecule has 2 aliphatic rings. The molecule has 0 amide bonds. The van der Waals surface area contributed by atoms with Gasteiger partial charge in [0.1, 0.15) is 11.3 Å². The minimum Gasteiger partial charge on any atom is -0.379 e. The molecular weight excluding hydrogens is 276 g/mol. The molecule has 5 heteroatoms. The van der Waals surface area contributed by atoms with E-state index in [-0.39, 0.29) is 0 Å². The third kappa shape index (κ3) is 2.42. The maximum absolute atomic E-state index is 5.61. The molecule has 2 unspecified atom stereocenters. The molecule has 5 nitrogen and oxygen atoms in total. The quantitative estimate of drug-likeness (QED) is 0.870. The van der Waals surface area contributed by atoms with Gasteiger partial charge in [-0.15, -0.1) is 0 Å². The smallest absolute Gasteiger partial charge is 0.160 e. The molecular formula is C17H24N4O. The molecule has 2 saturated heterocycles. The van der Waals surface area contributed by atoms with Gasteiger partial charge < -0.3 is 14.2 Å². The highest BCUT2D eigenvalue weighted by atomic mass is 16.5. The second-order valence-corrected chi connectivity index (χ2v) is 6.39. The van der Waals surface area contributed by atoms with Gasteiger partial charge in [0, 0.05) is 25.3 Å². The molecule has 0 radical (unpaired) electrons. The number of likely N-dealkylation sites (tertiary alicyclic amines) is 1. The SMILES string of the molecule is CCN1CCCC1Cc1nc2cccnc2n1C1CCOC1. The van der Waals surface area contributed by atoms with Crippen molar-refractivity contribution in [2.75, 3.05) is 26.3 Å². The van der Waals surface area contributed by atoms with E-state index in [1.165, 1.54) is 25.2 Å². The molecule has 0 aliphatic carbocycles. The second kappa shape index (κ2) is 5.97. The first kappa shape index (κ1) is 14.2. The summed E-state index contributed by atoms with van der Waals surface area (Å²) in [4.78, 5) is 12.1. The van der Waals surface area contributed by atoms with Crippen LogP contribution in [-0.4, -0.2) is 51.8 Å². The minimum atomic E-state index is 0.395. The average molecular weight is 300 g/mol. The Morgan fingerprint density at radius 1 is 1.36 bits per heavy atom. The number of fused-ring (bicyclic) bond motifs is 1. The van der Waals surface area contributed by atoms with Crippen LogP contribution in [0.1, 0.15) is 38.1 Å². The van der Waals surface area contributed by atoms with Crippen LogP contribution in [0.2, 0.25) is 0 Å². The minimum absolute atomic E-state index is 0.395. The van der Waals surface area contributed by atoms with Crippen LogP contribution >= 0.6 is 0 Å². The fourth-order valence-electron chi connectivity index (χ4n) is 3.98. The van der Waals surface area contributed by atoms with E-state index < -0.39 is 0 Å². The Balaban J connectivity index is 1.71. The number of aromatic nitrogens is 3. The number of imidazole rings is 1. The Morgan fingerprint density at radius 2 is 2.32 bits per heavy atom. The summed E-state index contributed by atoms with van der Waals surface area (Å²) < 4.78 is 7.97. The van der Waals surface area contributed by atoms with Gasteiger partial charge in [0.05, 0.1) is 12.6 Å². The summed E-state index contributed by atoms with van der Waals surface area (Å²) in [6.45, 7) is 6.26. The summed E-state index contributed by atoms with van der Waals surface area (Å²) in [6, 6.07) is 5.07. The van der Waals surface area contributed by atoms with Crippen molar-refractivity contribution in [2.45, 2.75) is 44.7 Å². The number of rotatable bonds is 4. The molecule has 2 aromatic rings. The molecule has 2 atom stereocenters. The lowest BCUT2D eigenvalue weighted by atomic mass is 10.1. The summed E-state index contributed by atoms with van der Waals surface area (Å²) >= 11 is 0. The summed E-state index contributed by atoms with van der Waals surface area (Å²) in [5.41, 5.74) is 2.04. The van der Waals surface area contributed by atoms with Crippen LogP contribution in [0.5, 0.6) is 0 Å². The van der Waals surface area contributed by atoms with E-state index in [2.05, 4.69) is 27.4 Å². The van der Waals surface area contributed by atoms with Crippen LogP contribution in [0.3, 0.4) is 0 Å². The highest BCUT2D eigenvalue weighted by Gasteiger charge is 2.28. The third-order valence-electron chi connectivity index (χ3n) is 5.12. The van der Waals surface area contributed by atoms with Gasteiger partial charge in [0.2, 0.25) is 0 Å².